The summed E-state index contributed by atoms with van der Waals surface area (Å²) in [5.74, 6) is 1.56. The molecule has 2 aromatic carbocycles. The van der Waals surface area contributed by atoms with E-state index < -0.39 is 0 Å². The third-order valence-corrected chi connectivity index (χ3v) is 6.80. The zero-order chi connectivity index (χ0) is 19.2. The lowest BCUT2D eigenvalue weighted by atomic mass is 10.2. The van der Waals surface area contributed by atoms with Gasteiger partial charge in [0.1, 0.15) is 5.75 Å². The van der Waals surface area contributed by atoms with Crippen molar-refractivity contribution < 1.29 is 4.74 Å². The minimum absolute atomic E-state index is 0.745. The van der Waals surface area contributed by atoms with Gasteiger partial charge >= 0.3 is 0 Å². The van der Waals surface area contributed by atoms with E-state index in [-0.39, 0.29) is 0 Å². The molecule has 0 atom stereocenters. The number of benzene rings is 2. The summed E-state index contributed by atoms with van der Waals surface area (Å²) in [6.07, 6.45) is 0.877. The Labute approximate surface area is 175 Å². The molecule has 5 nitrogen and oxygen atoms in total. The Morgan fingerprint density at radius 3 is 2.71 bits per heavy atom. The molecule has 0 bridgehead atoms. The molecule has 0 unspecified atom stereocenters. The Hall–Kier alpha value is -2.42. The average Bonchev–Trinajstić information content (AvgIpc) is 3.37. The second kappa shape index (κ2) is 9.18. The lowest BCUT2D eigenvalue weighted by Crippen LogP contribution is -1.93. The Bertz CT molecular complexity index is 1030. The third-order valence-electron chi connectivity index (χ3n) is 3.90. The average molecular weight is 427 g/mol. The Balaban J connectivity index is 1.33. The second-order valence-corrected chi connectivity index (χ2v) is 9.02. The predicted octanol–water partition coefficient (Wildman–Crippen LogP) is 5.63. The largest absolute Gasteiger partial charge is 0.495 e. The van der Waals surface area contributed by atoms with E-state index >= 15 is 0 Å². The molecule has 28 heavy (non-hydrogen) atoms. The van der Waals surface area contributed by atoms with Crippen molar-refractivity contribution in [1.82, 2.24) is 15.2 Å². The van der Waals surface area contributed by atoms with Crippen LogP contribution < -0.4 is 10.1 Å². The number of methoxy groups -OCH3 is 1. The third kappa shape index (κ3) is 4.89. The van der Waals surface area contributed by atoms with Gasteiger partial charge in [0.15, 0.2) is 4.34 Å². The summed E-state index contributed by atoms with van der Waals surface area (Å²) in [6, 6.07) is 18.2. The van der Waals surface area contributed by atoms with Crippen molar-refractivity contribution in [2.45, 2.75) is 16.5 Å². The van der Waals surface area contributed by atoms with Crippen LogP contribution in [0.5, 0.6) is 5.75 Å². The summed E-state index contributed by atoms with van der Waals surface area (Å²) >= 11 is 4.88. The molecule has 2 aromatic heterocycles. The highest BCUT2D eigenvalue weighted by Gasteiger charge is 2.10. The summed E-state index contributed by atoms with van der Waals surface area (Å²) in [6.45, 7) is 0. The zero-order valence-electron chi connectivity index (χ0n) is 15.2. The van der Waals surface area contributed by atoms with Gasteiger partial charge in [0.25, 0.3) is 0 Å². The second-order valence-electron chi connectivity index (χ2n) is 5.88. The van der Waals surface area contributed by atoms with Crippen LogP contribution in [0.1, 0.15) is 16.3 Å². The van der Waals surface area contributed by atoms with E-state index in [2.05, 4.69) is 45.2 Å². The van der Waals surface area contributed by atoms with Gasteiger partial charge in [-0.05, 0) is 17.7 Å². The Morgan fingerprint density at radius 1 is 1.04 bits per heavy atom. The molecule has 0 radical (unpaired) electrons. The van der Waals surface area contributed by atoms with Gasteiger partial charge in [-0.25, -0.2) is 4.98 Å². The van der Waals surface area contributed by atoms with Gasteiger partial charge in [-0.3, -0.25) is 0 Å². The van der Waals surface area contributed by atoms with Gasteiger partial charge in [0, 0.05) is 17.6 Å². The number of ether oxygens (including phenoxy) is 1. The Morgan fingerprint density at radius 2 is 1.86 bits per heavy atom. The number of hydrogen-bond donors (Lipinski definition) is 1. The number of nitrogens with zero attached hydrogens (tertiary/aromatic N) is 3. The minimum atomic E-state index is 0.745. The van der Waals surface area contributed by atoms with Crippen LogP contribution in [0.2, 0.25) is 0 Å². The fourth-order valence-corrected chi connectivity index (χ4v) is 5.17. The predicted molar refractivity (Wildman–Crippen MR) is 117 cm³/mol. The maximum Gasteiger partial charge on any atom is 0.210 e. The van der Waals surface area contributed by atoms with E-state index in [4.69, 9.17) is 9.72 Å². The molecule has 0 fully saturated rings. The number of rotatable bonds is 8. The molecule has 0 amide bonds. The fraction of sp³-hybridized carbons (Fsp3) is 0.150. The van der Waals surface area contributed by atoms with Gasteiger partial charge < -0.3 is 10.1 Å². The zero-order valence-corrected chi connectivity index (χ0v) is 17.6. The molecular formula is C20H18N4OS3. The first-order chi connectivity index (χ1) is 13.8. The molecule has 0 spiro atoms. The fourth-order valence-electron chi connectivity index (χ4n) is 2.58. The van der Waals surface area contributed by atoms with Gasteiger partial charge in [0.2, 0.25) is 5.13 Å². The van der Waals surface area contributed by atoms with E-state index in [1.165, 1.54) is 16.9 Å². The number of para-hydroxylation sites is 2. The molecular weight excluding hydrogens is 408 g/mol. The van der Waals surface area contributed by atoms with E-state index in [9.17, 15) is 0 Å². The number of thiazole rings is 1. The van der Waals surface area contributed by atoms with Crippen molar-refractivity contribution in [1.29, 1.82) is 0 Å². The topological polar surface area (TPSA) is 59.9 Å². The lowest BCUT2D eigenvalue weighted by Gasteiger charge is -2.07. The summed E-state index contributed by atoms with van der Waals surface area (Å²) < 4.78 is 6.27. The van der Waals surface area contributed by atoms with Crippen LogP contribution in [0.4, 0.5) is 10.8 Å². The number of nitrogens with one attached hydrogen (secondary N) is 1. The molecule has 8 heteroatoms. The van der Waals surface area contributed by atoms with Crippen LogP contribution >= 0.6 is 34.4 Å². The molecule has 0 aliphatic carbocycles. The number of hydrogen-bond acceptors (Lipinski definition) is 8. The smallest absolute Gasteiger partial charge is 0.210 e. The summed E-state index contributed by atoms with van der Waals surface area (Å²) in [7, 11) is 1.65. The van der Waals surface area contributed by atoms with Crippen molar-refractivity contribution in [2.24, 2.45) is 0 Å². The molecule has 0 aliphatic rings. The summed E-state index contributed by atoms with van der Waals surface area (Å²) in [4.78, 5) is 4.74. The van der Waals surface area contributed by atoms with Crippen molar-refractivity contribution in [3.05, 3.63) is 76.2 Å². The van der Waals surface area contributed by atoms with Crippen molar-refractivity contribution in [3.63, 3.8) is 0 Å². The first kappa shape index (κ1) is 18.9. The van der Waals surface area contributed by atoms with Crippen LogP contribution in [0.15, 0.2) is 64.3 Å². The first-order valence-electron chi connectivity index (χ1n) is 8.64. The number of thioether (sulfide) groups is 1. The van der Waals surface area contributed by atoms with E-state index in [1.54, 1.807) is 30.2 Å². The van der Waals surface area contributed by atoms with Gasteiger partial charge in [-0.15, -0.1) is 21.5 Å². The van der Waals surface area contributed by atoms with Crippen LogP contribution in [0.3, 0.4) is 0 Å². The molecule has 142 valence electrons. The highest BCUT2D eigenvalue weighted by Crippen LogP contribution is 2.32. The highest BCUT2D eigenvalue weighted by molar-refractivity contribution is 8.00. The molecule has 4 aromatic rings. The quantitative estimate of drug-likeness (QED) is 0.369. The number of aromatic nitrogens is 3. The molecule has 4 rings (SSSR count). The van der Waals surface area contributed by atoms with Gasteiger partial charge in [-0.1, -0.05) is 65.6 Å². The summed E-state index contributed by atoms with van der Waals surface area (Å²) in [5, 5.41) is 15.8. The first-order valence-corrected chi connectivity index (χ1v) is 11.3. The minimum Gasteiger partial charge on any atom is -0.495 e. The van der Waals surface area contributed by atoms with E-state index in [0.29, 0.717) is 0 Å². The lowest BCUT2D eigenvalue weighted by molar-refractivity contribution is 0.417. The SMILES string of the molecule is COc1ccccc1Nc1nnc(SCc2csc(Cc3ccccc3)n2)s1. The van der Waals surface area contributed by atoms with Crippen LogP contribution in [0.25, 0.3) is 0 Å². The normalized spacial score (nSPS) is 10.8. The maximum atomic E-state index is 5.36. The molecule has 0 saturated heterocycles. The maximum absolute atomic E-state index is 5.36. The number of anilines is 2. The Kier molecular flexibility index (Phi) is 6.20. The highest BCUT2D eigenvalue weighted by atomic mass is 32.2. The van der Waals surface area contributed by atoms with Gasteiger partial charge in [-0.2, -0.15) is 0 Å². The van der Waals surface area contributed by atoms with Crippen LogP contribution in [0, 0.1) is 0 Å². The van der Waals surface area contributed by atoms with E-state index in [0.717, 1.165) is 43.8 Å². The van der Waals surface area contributed by atoms with Crippen molar-refractivity contribution >= 4 is 45.3 Å². The van der Waals surface area contributed by atoms with E-state index in [1.807, 2.05) is 30.3 Å². The van der Waals surface area contributed by atoms with Crippen LogP contribution in [-0.4, -0.2) is 22.3 Å². The van der Waals surface area contributed by atoms with Crippen molar-refractivity contribution in [3.8, 4) is 5.75 Å². The van der Waals surface area contributed by atoms with Crippen LogP contribution in [-0.2, 0) is 12.2 Å². The van der Waals surface area contributed by atoms with Gasteiger partial charge in [0.05, 0.1) is 23.5 Å². The molecule has 1 N–H and O–H groups in total. The molecule has 2 heterocycles. The molecule has 0 aliphatic heterocycles. The standard InChI is InChI=1S/C20H18N4OS3/c1-25-17-10-6-5-9-16(17)22-19-23-24-20(28-19)27-13-15-12-26-18(21-15)11-14-7-3-2-4-8-14/h2-10,12H,11,13H2,1H3,(H,22,23). The van der Waals surface area contributed by atoms with Crippen molar-refractivity contribution in [2.75, 3.05) is 12.4 Å². The molecule has 0 saturated carbocycles. The summed E-state index contributed by atoms with van der Waals surface area (Å²) in [5.41, 5.74) is 3.24. The monoisotopic (exact) mass is 426 g/mol.